The second-order valence-corrected chi connectivity index (χ2v) is 8.20. The van der Waals surface area contributed by atoms with E-state index in [1.807, 2.05) is 43.4 Å². The highest BCUT2D eigenvalue weighted by Gasteiger charge is 2.21. The van der Waals surface area contributed by atoms with Crippen molar-refractivity contribution in [2.45, 2.75) is 25.7 Å². The Hall–Kier alpha value is -4.27. The van der Waals surface area contributed by atoms with Crippen molar-refractivity contribution in [3.8, 4) is 0 Å². The maximum atomic E-state index is 8.81. The number of anilines is 3. The Bertz CT molecular complexity index is 1320. The average molecular weight is 454 g/mol. The van der Waals surface area contributed by atoms with Gasteiger partial charge in [0.2, 0.25) is 0 Å². The third-order valence-electron chi connectivity index (χ3n) is 5.50. The second-order valence-electron chi connectivity index (χ2n) is 8.20. The van der Waals surface area contributed by atoms with Gasteiger partial charge in [0.05, 0.1) is 35.0 Å². The molecule has 0 aliphatic rings. The number of nitrogens with zero attached hydrogens (tertiary/aromatic N) is 7. The van der Waals surface area contributed by atoms with Crippen LogP contribution in [0.5, 0.6) is 0 Å². The van der Waals surface area contributed by atoms with Gasteiger partial charge in [-0.2, -0.15) is 5.10 Å². The lowest BCUT2D eigenvalue weighted by molar-refractivity contribution is 0.843. The highest BCUT2D eigenvalue weighted by atomic mass is 15.2. The molecule has 0 radical (unpaired) electrons. The first-order valence-corrected chi connectivity index (χ1v) is 11.0. The number of amidine groups is 1. The normalized spacial score (nSPS) is 12.3. The summed E-state index contributed by atoms with van der Waals surface area (Å²) in [6.07, 6.45) is 8.72. The molecule has 4 aromatic rings. The third-order valence-corrected chi connectivity index (χ3v) is 5.50. The third kappa shape index (κ3) is 5.03. The number of pyridine rings is 3. The maximum absolute atomic E-state index is 8.81. The van der Waals surface area contributed by atoms with E-state index in [1.54, 1.807) is 42.9 Å². The van der Waals surface area contributed by atoms with Gasteiger partial charge in [-0.25, -0.2) is 4.98 Å². The lowest BCUT2D eigenvalue weighted by atomic mass is 9.99. The van der Waals surface area contributed by atoms with Crippen LogP contribution in [0.4, 0.5) is 17.3 Å². The van der Waals surface area contributed by atoms with E-state index in [9.17, 15) is 0 Å². The van der Waals surface area contributed by atoms with Crippen molar-refractivity contribution in [1.29, 1.82) is 5.41 Å². The van der Waals surface area contributed by atoms with Crippen molar-refractivity contribution < 1.29 is 0 Å². The molecule has 0 aliphatic carbocycles. The number of aromatic nitrogens is 5. The van der Waals surface area contributed by atoms with Crippen LogP contribution in [0.3, 0.4) is 0 Å². The van der Waals surface area contributed by atoms with Crippen LogP contribution in [0.25, 0.3) is 11.0 Å². The summed E-state index contributed by atoms with van der Waals surface area (Å²) in [5.41, 5.74) is 4.22. The molecule has 2 N–H and O–H groups in total. The molecule has 34 heavy (non-hydrogen) atoms. The van der Waals surface area contributed by atoms with Crippen molar-refractivity contribution in [2.75, 3.05) is 24.3 Å². The number of hydrogen-bond acceptors (Lipinski definition) is 8. The molecule has 4 heterocycles. The molecule has 1 atom stereocenters. The number of hydrogen-bond donors (Lipinski definition) is 2. The summed E-state index contributed by atoms with van der Waals surface area (Å²) >= 11 is 0. The Morgan fingerprint density at radius 1 is 1.06 bits per heavy atom. The van der Waals surface area contributed by atoms with Gasteiger partial charge in [-0.3, -0.25) is 20.4 Å². The van der Waals surface area contributed by atoms with Crippen LogP contribution in [0.2, 0.25) is 0 Å². The molecule has 172 valence electrons. The van der Waals surface area contributed by atoms with E-state index in [1.165, 1.54) is 0 Å². The van der Waals surface area contributed by atoms with Crippen molar-refractivity contribution in [2.24, 2.45) is 4.99 Å². The average Bonchev–Trinajstić information content (AvgIpc) is 2.86. The lowest BCUT2D eigenvalue weighted by Crippen LogP contribution is -2.32. The minimum atomic E-state index is -0.390. The Morgan fingerprint density at radius 3 is 2.65 bits per heavy atom. The van der Waals surface area contributed by atoms with E-state index in [0.717, 1.165) is 22.3 Å². The van der Waals surface area contributed by atoms with Gasteiger partial charge in [-0.15, -0.1) is 5.10 Å². The van der Waals surface area contributed by atoms with Gasteiger partial charge in [0, 0.05) is 32.7 Å². The molecule has 0 fully saturated rings. The van der Waals surface area contributed by atoms with E-state index in [2.05, 4.69) is 44.3 Å². The zero-order valence-corrected chi connectivity index (χ0v) is 19.6. The van der Waals surface area contributed by atoms with Crippen molar-refractivity contribution in [3.05, 3.63) is 72.3 Å². The first kappa shape index (κ1) is 22.9. The van der Waals surface area contributed by atoms with Crippen LogP contribution < -0.4 is 10.2 Å². The number of rotatable bonds is 7. The predicted molar refractivity (Wildman–Crippen MR) is 136 cm³/mol. The highest BCUT2D eigenvalue weighted by molar-refractivity contribution is 6.09. The van der Waals surface area contributed by atoms with E-state index in [0.29, 0.717) is 28.9 Å². The first-order valence-electron chi connectivity index (χ1n) is 11.0. The standard InChI is InChI=1S/C25H27N9/c1-16(2)17-11-24(33-30-13-17)32-23-8-7-21-22(31-23)10-18(12-29-21)20(15-27-3)25(26)34(4)19-6-5-9-28-14-19/h5-16,20,26H,1-4H3,(H,31,32,33). The Balaban J connectivity index is 1.64. The zero-order valence-electron chi connectivity index (χ0n) is 19.6. The van der Waals surface area contributed by atoms with E-state index in [4.69, 9.17) is 10.4 Å². The summed E-state index contributed by atoms with van der Waals surface area (Å²) in [5, 5.41) is 20.3. The molecular weight excluding hydrogens is 426 g/mol. The molecule has 0 aliphatic heterocycles. The molecule has 0 spiro atoms. The van der Waals surface area contributed by atoms with Crippen LogP contribution in [0, 0.1) is 5.41 Å². The minimum Gasteiger partial charge on any atom is -0.331 e. The van der Waals surface area contributed by atoms with Crippen LogP contribution in [0.1, 0.15) is 36.8 Å². The monoisotopic (exact) mass is 453 g/mol. The smallest absolute Gasteiger partial charge is 0.154 e. The van der Waals surface area contributed by atoms with Gasteiger partial charge < -0.3 is 10.2 Å². The fourth-order valence-electron chi connectivity index (χ4n) is 3.52. The number of aliphatic imine (C=N–C) groups is 1. The topological polar surface area (TPSA) is 116 Å². The molecule has 1 unspecified atom stereocenters. The van der Waals surface area contributed by atoms with Gasteiger partial charge >= 0.3 is 0 Å². The summed E-state index contributed by atoms with van der Waals surface area (Å²) in [6, 6.07) is 11.5. The van der Waals surface area contributed by atoms with Crippen LogP contribution in [-0.4, -0.2) is 51.3 Å². The van der Waals surface area contributed by atoms with Crippen LogP contribution in [-0.2, 0) is 0 Å². The summed E-state index contributed by atoms with van der Waals surface area (Å²) < 4.78 is 0. The van der Waals surface area contributed by atoms with Crippen LogP contribution in [0.15, 0.2) is 66.2 Å². The molecule has 9 nitrogen and oxygen atoms in total. The Morgan fingerprint density at radius 2 is 1.91 bits per heavy atom. The summed E-state index contributed by atoms with van der Waals surface area (Å²) in [7, 11) is 3.54. The molecule has 0 saturated carbocycles. The van der Waals surface area contributed by atoms with Crippen molar-refractivity contribution in [3.63, 3.8) is 0 Å². The SMILES string of the molecule is CN=CC(C(=N)N(C)c1cccnc1)c1cnc2ccc(Nc3cc(C(C)C)cnn3)nc2c1. The van der Waals surface area contributed by atoms with Gasteiger partial charge in [-0.1, -0.05) is 13.8 Å². The van der Waals surface area contributed by atoms with Crippen LogP contribution >= 0.6 is 0 Å². The highest BCUT2D eigenvalue weighted by Crippen LogP contribution is 2.24. The Kier molecular flexibility index (Phi) is 6.82. The first-order chi connectivity index (χ1) is 16.5. The molecule has 0 saturated heterocycles. The summed E-state index contributed by atoms with van der Waals surface area (Å²) in [4.78, 5) is 19.5. The van der Waals surface area contributed by atoms with Crippen molar-refractivity contribution in [1.82, 2.24) is 25.1 Å². The number of fused-ring (bicyclic) bond motifs is 1. The van der Waals surface area contributed by atoms with Gasteiger partial charge in [-0.05, 0) is 53.4 Å². The molecule has 4 rings (SSSR count). The van der Waals surface area contributed by atoms with Gasteiger partial charge in [0.15, 0.2) is 5.82 Å². The van der Waals surface area contributed by atoms with E-state index < -0.39 is 0 Å². The fraction of sp³-hybridized carbons (Fsp3) is 0.240. The maximum Gasteiger partial charge on any atom is 0.154 e. The Labute approximate surface area is 198 Å². The molecule has 0 bridgehead atoms. The molecule has 0 aromatic carbocycles. The van der Waals surface area contributed by atoms with Gasteiger partial charge in [0.25, 0.3) is 0 Å². The van der Waals surface area contributed by atoms with E-state index >= 15 is 0 Å². The lowest BCUT2D eigenvalue weighted by Gasteiger charge is -2.24. The molecule has 9 heteroatoms. The molecular formula is C25H27N9. The zero-order chi connectivity index (χ0) is 24.1. The quantitative estimate of drug-likeness (QED) is 0.311. The van der Waals surface area contributed by atoms with Crippen molar-refractivity contribution >= 4 is 40.4 Å². The largest absolute Gasteiger partial charge is 0.331 e. The molecule has 0 amide bonds. The summed E-state index contributed by atoms with van der Waals surface area (Å²) in [5.74, 6) is 1.60. The minimum absolute atomic E-state index is 0.352. The predicted octanol–water partition coefficient (Wildman–Crippen LogP) is 4.58. The fourth-order valence-corrected chi connectivity index (χ4v) is 3.52. The number of likely N-dealkylation sites (N-methyl/N-ethyl adjacent to an activating group) is 1. The van der Waals surface area contributed by atoms with E-state index in [-0.39, 0.29) is 5.92 Å². The number of nitrogens with one attached hydrogen (secondary N) is 2. The van der Waals surface area contributed by atoms with Gasteiger partial charge in [0.1, 0.15) is 11.7 Å². The summed E-state index contributed by atoms with van der Waals surface area (Å²) in [6.45, 7) is 4.23. The second kappa shape index (κ2) is 10.1. The molecule has 4 aromatic heterocycles.